The van der Waals surface area contributed by atoms with Gasteiger partial charge in [-0.1, -0.05) is 6.42 Å². The zero-order valence-electron chi connectivity index (χ0n) is 12.1. The minimum atomic E-state index is -0.494. The summed E-state index contributed by atoms with van der Waals surface area (Å²) < 4.78 is 10.1. The molecule has 2 aliphatic carbocycles. The SMILES string of the molecule is COC(=O)C1CCC[C@H]2[C@H](NC(=O)OC(C)(C)C)[C@@H]12. The van der Waals surface area contributed by atoms with Gasteiger partial charge >= 0.3 is 12.1 Å². The number of carbonyl (C=O) groups excluding carboxylic acids is 2. The minimum Gasteiger partial charge on any atom is -0.469 e. The predicted octanol–water partition coefficient (Wildman–Crippen LogP) is 2.10. The molecule has 5 nitrogen and oxygen atoms in total. The van der Waals surface area contributed by atoms with E-state index in [-0.39, 0.29) is 23.8 Å². The van der Waals surface area contributed by atoms with E-state index in [1.54, 1.807) is 0 Å². The minimum absolute atomic E-state index is 0.0660. The van der Waals surface area contributed by atoms with Crippen LogP contribution in [0.1, 0.15) is 40.0 Å². The van der Waals surface area contributed by atoms with E-state index in [0.29, 0.717) is 5.92 Å². The highest BCUT2D eigenvalue weighted by Crippen LogP contribution is 2.53. The Morgan fingerprint density at radius 1 is 1.21 bits per heavy atom. The Kier molecular flexibility index (Phi) is 3.74. The van der Waals surface area contributed by atoms with Crippen LogP contribution in [0, 0.1) is 17.8 Å². The van der Waals surface area contributed by atoms with Crippen molar-refractivity contribution in [3.05, 3.63) is 0 Å². The molecule has 0 aliphatic heterocycles. The van der Waals surface area contributed by atoms with Crippen molar-refractivity contribution in [2.45, 2.75) is 51.7 Å². The normalized spacial score (nSPS) is 33.1. The van der Waals surface area contributed by atoms with E-state index in [2.05, 4.69) is 5.32 Å². The third-order valence-electron chi connectivity index (χ3n) is 3.93. The van der Waals surface area contributed by atoms with Crippen LogP contribution in [0.5, 0.6) is 0 Å². The van der Waals surface area contributed by atoms with Crippen LogP contribution < -0.4 is 5.32 Å². The summed E-state index contributed by atoms with van der Waals surface area (Å²) >= 11 is 0. The van der Waals surface area contributed by atoms with Gasteiger partial charge in [-0.2, -0.15) is 0 Å². The first-order valence-corrected chi connectivity index (χ1v) is 6.91. The molecule has 1 N–H and O–H groups in total. The van der Waals surface area contributed by atoms with E-state index >= 15 is 0 Å². The van der Waals surface area contributed by atoms with Crippen LogP contribution in [0.4, 0.5) is 4.79 Å². The van der Waals surface area contributed by atoms with Gasteiger partial charge in [0, 0.05) is 6.04 Å². The molecule has 19 heavy (non-hydrogen) atoms. The smallest absolute Gasteiger partial charge is 0.407 e. The summed E-state index contributed by atoms with van der Waals surface area (Å²) in [5.41, 5.74) is -0.494. The second kappa shape index (κ2) is 5.02. The molecule has 4 atom stereocenters. The lowest BCUT2D eigenvalue weighted by Gasteiger charge is -2.20. The summed E-state index contributed by atoms with van der Waals surface area (Å²) in [7, 11) is 1.42. The van der Waals surface area contributed by atoms with Crippen molar-refractivity contribution in [3.63, 3.8) is 0 Å². The number of hydrogen-bond acceptors (Lipinski definition) is 4. The van der Waals surface area contributed by atoms with Crippen molar-refractivity contribution >= 4 is 12.1 Å². The molecule has 2 saturated carbocycles. The maximum atomic E-state index is 11.7. The number of ether oxygens (including phenoxy) is 2. The molecule has 5 heteroatoms. The van der Waals surface area contributed by atoms with Crippen LogP contribution in [0.25, 0.3) is 0 Å². The molecule has 1 amide bonds. The van der Waals surface area contributed by atoms with Crippen molar-refractivity contribution < 1.29 is 19.1 Å². The molecule has 0 aromatic heterocycles. The Morgan fingerprint density at radius 2 is 1.89 bits per heavy atom. The molecular weight excluding hydrogens is 246 g/mol. The molecule has 0 aromatic rings. The average Bonchev–Trinajstić information content (AvgIpc) is 2.99. The molecule has 2 rings (SSSR count). The topological polar surface area (TPSA) is 64.6 Å². The largest absolute Gasteiger partial charge is 0.469 e. The summed E-state index contributed by atoms with van der Waals surface area (Å²) in [5, 5.41) is 2.89. The van der Waals surface area contributed by atoms with E-state index in [1.807, 2.05) is 20.8 Å². The lowest BCUT2D eigenvalue weighted by Crippen LogP contribution is -2.35. The summed E-state index contributed by atoms with van der Waals surface area (Å²) in [6.45, 7) is 5.51. The Hall–Kier alpha value is -1.26. The van der Waals surface area contributed by atoms with Gasteiger partial charge in [0.1, 0.15) is 5.60 Å². The molecule has 0 aromatic carbocycles. The monoisotopic (exact) mass is 269 g/mol. The van der Waals surface area contributed by atoms with Crippen molar-refractivity contribution in [2.24, 2.45) is 17.8 Å². The van der Waals surface area contributed by atoms with Crippen molar-refractivity contribution in [3.8, 4) is 0 Å². The number of alkyl carbamates (subject to hydrolysis) is 1. The van der Waals surface area contributed by atoms with Crippen LogP contribution in [-0.2, 0) is 14.3 Å². The second-order valence-corrected chi connectivity index (χ2v) is 6.47. The first-order chi connectivity index (χ1) is 8.83. The van der Waals surface area contributed by atoms with Crippen molar-refractivity contribution in [2.75, 3.05) is 7.11 Å². The third kappa shape index (κ3) is 3.19. The highest BCUT2D eigenvalue weighted by molar-refractivity contribution is 5.74. The Morgan fingerprint density at radius 3 is 2.47 bits per heavy atom. The molecule has 0 saturated heterocycles. The average molecular weight is 269 g/mol. The first kappa shape index (κ1) is 14.2. The van der Waals surface area contributed by atoms with E-state index < -0.39 is 11.7 Å². The van der Waals surface area contributed by atoms with Gasteiger partial charge in [-0.15, -0.1) is 0 Å². The number of methoxy groups -OCH3 is 1. The maximum Gasteiger partial charge on any atom is 0.407 e. The van der Waals surface area contributed by atoms with E-state index in [9.17, 15) is 9.59 Å². The number of amides is 1. The van der Waals surface area contributed by atoms with E-state index in [1.165, 1.54) is 7.11 Å². The molecule has 2 aliphatic rings. The number of nitrogens with one attached hydrogen (secondary N) is 1. The maximum absolute atomic E-state index is 11.7. The van der Waals surface area contributed by atoms with Crippen LogP contribution in [0.3, 0.4) is 0 Å². The first-order valence-electron chi connectivity index (χ1n) is 6.91. The van der Waals surface area contributed by atoms with E-state index in [4.69, 9.17) is 9.47 Å². The van der Waals surface area contributed by atoms with Gasteiger partial charge in [0.25, 0.3) is 0 Å². The lowest BCUT2D eigenvalue weighted by molar-refractivity contribution is -0.147. The molecule has 2 fully saturated rings. The van der Waals surface area contributed by atoms with Gasteiger partial charge in [-0.3, -0.25) is 4.79 Å². The number of esters is 1. The van der Waals surface area contributed by atoms with Crippen molar-refractivity contribution in [1.29, 1.82) is 0 Å². The summed E-state index contributed by atoms with van der Waals surface area (Å²) in [4.78, 5) is 23.4. The molecule has 1 unspecified atom stereocenters. The third-order valence-corrected chi connectivity index (χ3v) is 3.93. The van der Waals surface area contributed by atoms with Gasteiger partial charge < -0.3 is 14.8 Å². The molecule has 0 heterocycles. The molecular formula is C14H23NO4. The molecule has 0 radical (unpaired) electrons. The van der Waals surface area contributed by atoms with Gasteiger partial charge in [-0.05, 0) is 45.4 Å². The standard InChI is InChI=1S/C14H23NO4/c1-14(2,3)19-13(17)15-11-8-6-5-7-9(10(8)11)12(16)18-4/h8-11H,5-7H2,1-4H3,(H,15,17)/t8-,9?,10-,11+/m1/s1. The summed E-state index contributed by atoms with van der Waals surface area (Å²) in [6, 6.07) is 0.0708. The Balaban J connectivity index is 1.90. The fourth-order valence-electron chi connectivity index (χ4n) is 3.16. The highest BCUT2D eigenvalue weighted by Gasteiger charge is 2.58. The van der Waals surface area contributed by atoms with Gasteiger partial charge in [0.2, 0.25) is 0 Å². The second-order valence-electron chi connectivity index (χ2n) is 6.47. The quantitative estimate of drug-likeness (QED) is 0.780. The molecule has 0 spiro atoms. The Bertz CT molecular complexity index is 374. The fraction of sp³-hybridized carbons (Fsp3) is 0.857. The van der Waals surface area contributed by atoms with Crippen molar-refractivity contribution in [1.82, 2.24) is 5.32 Å². The van der Waals surface area contributed by atoms with Crippen LogP contribution in [0.15, 0.2) is 0 Å². The fourth-order valence-corrected chi connectivity index (χ4v) is 3.16. The predicted molar refractivity (Wildman–Crippen MR) is 69.5 cm³/mol. The van der Waals surface area contributed by atoms with Gasteiger partial charge in [0.05, 0.1) is 13.0 Å². The van der Waals surface area contributed by atoms with Crippen LogP contribution in [0.2, 0.25) is 0 Å². The highest BCUT2D eigenvalue weighted by atomic mass is 16.6. The molecule has 0 bridgehead atoms. The number of rotatable bonds is 2. The zero-order valence-corrected chi connectivity index (χ0v) is 12.1. The molecule has 108 valence electrons. The zero-order chi connectivity index (χ0) is 14.2. The Labute approximate surface area is 114 Å². The summed E-state index contributed by atoms with van der Waals surface area (Å²) in [5.74, 6) is 0.422. The number of fused-ring (bicyclic) bond motifs is 1. The lowest BCUT2D eigenvalue weighted by atomic mass is 9.89. The van der Waals surface area contributed by atoms with Crippen LogP contribution >= 0.6 is 0 Å². The summed E-state index contributed by atoms with van der Waals surface area (Å²) in [6.07, 6.45) is 2.56. The van der Waals surface area contributed by atoms with Gasteiger partial charge in [0.15, 0.2) is 0 Å². The number of hydrogen-bond donors (Lipinski definition) is 1. The van der Waals surface area contributed by atoms with Crippen LogP contribution in [-0.4, -0.2) is 30.8 Å². The number of carbonyl (C=O) groups is 2. The van der Waals surface area contributed by atoms with Gasteiger partial charge in [-0.25, -0.2) is 4.79 Å². The van der Waals surface area contributed by atoms with E-state index in [0.717, 1.165) is 19.3 Å².